The second-order valence-corrected chi connectivity index (χ2v) is 8.12. The van der Waals surface area contributed by atoms with Gasteiger partial charge in [-0.05, 0) is 43.0 Å². The topological polar surface area (TPSA) is 73.0 Å². The SMILES string of the molecule is Cc1ccccc1-n1c(SCCCC(=O)NCC(C)C)nnc1-c1ccco1. The van der Waals surface area contributed by atoms with Crippen LogP contribution in [0.3, 0.4) is 0 Å². The lowest BCUT2D eigenvalue weighted by molar-refractivity contribution is -0.121. The van der Waals surface area contributed by atoms with E-state index < -0.39 is 0 Å². The number of carbonyl (C=O) groups is 1. The van der Waals surface area contributed by atoms with E-state index >= 15 is 0 Å². The lowest BCUT2D eigenvalue weighted by Gasteiger charge is -2.12. The molecule has 1 aromatic carbocycles. The van der Waals surface area contributed by atoms with Crippen LogP contribution in [0.15, 0.2) is 52.2 Å². The van der Waals surface area contributed by atoms with Crippen molar-refractivity contribution < 1.29 is 9.21 Å². The van der Waals surface area contributed by atoms with Crippen LogP contribution < -0.4 is 5.32 Å². The van der Waals surface area contributed by atoms with Gasteiger partial charge >= 0.3 is 0 Å². The number of aryl methyl sites for hydroxylation is 1. The normalized spacial score (nSPS) is 11.1. The highest BCUT2D eigenvalue weighted by molar-refractivity contribution is 7.99. The van der Waals surface area contributed by atoms with Crippen LogP contribution in [0.25, 0.3) is 17.3 Å². The second kappa shape index (κ2) is 9.59. The van der Waals surface area contributed by atoms with Gasteiger partial charge in [-0.15, -0.1) is 10.2 Å². The van der Waals surface area contributed by atoms with Gasteiger partial charge in [0.15, 0.2) is 10.9 Å². The molecule has 148 valence electrons. The molecule has 0 aliphatic heterocycles. The van der Waals surface area contributed by atoms with Crippen molar-refractivity contribution in [2.24, 2.45) is 5.92 Å². The lowest BCUT2D eigenvalue weighted by atomic mass is 10.2. The van der Waals surface area contributed by atoms with E-state index in [0.717, 1.165) is 35.1 Å². The van der Waals surface area contributed by atoms with Gasteiger partial charge in [-0.3, -0.25) is 9.36 Å². The number of rotatable bonds is 9. The fraction of sp³-hybridized carbons (Fsp3) is 0.381. The highest BCUT2D eigenvalue weighted by Crippen LogP contribution is 2.30. The maximum Gasteiger partial charge on any atom is 0.220 e. The first-order chi connectivity index (χ1) is 13.6. The minimum absolute atomic E-state index is 0.103. The average Bonchev–Trinajstić information content (AvgIpc) is 3.33. The number of thioether (sulfide) groups is 1. The molecule has 7 heteroatoms. The fourth-order valence-corrected chi connectivity index (χ4v) is 3.65. The quantitative estimate of drug-likeness (QED) is 0.425. The van der Waals surface area contributed by atoms with Crippen LogP contribution in [-0.4, -0.2) is 33.0 Å². The number of carbonyl (C=O) groups excluding carboxylic acids is 1. The summed E-state index contributed by atoms with van der Waals surface area (Å²) in [6.07, 6.45) is 2.93. The Labute approximate surface area is 169 Å². The predicted molar refractivity (Wildman–Crippen MR) is 112 cm³/mol. The molecular weight excluding hydrogens is 372 g/mol. The van der Waals surface area contributed by atoms with E-state index in [1.165, 1.54) is 0 Å². The first kappa shape index (κ1) is 20.2. The number of benzene rings is 1. The van der Waals surface area contributed by atoms with E-state index in [2.05, 4.69) is 48.4 Å². The summed E-state index contributed by atoms with van der Waals surface area (Å²) in [5, 5.41) is 12.5. The molecular formula is C21H26N4O2S. The summed E-state index contributed by atoms with van der Waals surface area (Å²) in [6, 6.07) is 11.9. The molecule has 3 aromatic rings. The molecule has 6 nitrogen and oxygen atoms in total. The summed E-state index contributed by atoms with van der Waals surface area (Å²) in [5.74, 6) is 2.71. The molecule has 0 radical (unpaired) electrons. The minimum atomic E-state index is 0.103. The average molecular weight is 399 g/mol. The van der Waals surface area contributed by atoms with E-state index in [1.54, 1.807) is 18.0 Å². The Kier molecular flexibility index (Phi) is 6.92. The molecule has 0 bridgehead atoms. The molecule has 0 spiro atoms. The smallest absolute Gasteiger partial charge is 0.220 e. The Morgan fingerprint density at radius 3 is 2.75 bits per heavy atom. The first-order valence-corrected chi connectivity index (χ1v) is 10.5. The van der Waals surface area contributed by atoms with Crippen molar-refractivity contribution in [3.05, 3.63) is 48.2 Å². The van der Waals surface area contributed by atoms with Crippen molar-refractivity contribution in [1.82, 2.24) is 20.1 Å². The number of para-hydroxylation sites is 1. The molecule has 0 aliphatic rings. The number of aromatic nitrogens is 3. The number of amides is 1. The largest absolute Gasteiger partial charge is 0.461 e. The second-order valence-electron chi connectivity index (χ2n) is 7.06. The molecule has 0 unspecified atom stereocenters. The predicted octanol–water partition coefficient (Wildman–Crippen LogP) is 4.48. The molecule has 0 aliphatic carbocycles. The Bertz CT molecular complexity index is 903. The van der Waals surface area contributed by atoms with Crippen LogP contribution in [0.4, 0.5) is 0 Å². The maximum absolute atomic E-state index is 11.9. The first-order valence-electron chi connectivity index (χ1n) is 9.51. The summed E-state index contributed by atoms with van der Waals surface area (Å²) >= 11 is 1.60. The molecule has 2 aromatic heterocycles. The van der Waals surface area contributed by atoms with Crippen molar-refractivity contribution in [1.29, 1.82) is 0 Å². The highest BCUT2D eigenvalue weighted by atomic mass is 32.2. The third-order valence-electron chi connectivity index (χ3n) is 4.22. The summed E-state index contributed by atoms with van der Waals surface area (Å²) in [7, 11) is 0. The molecule has 3 rings (SSSR count). The van der Waals surface area contributed by atoms with Crippen LogP contribution in [0.2, 0.25) is 0 Å². The monoisotopic (exact) mass is 398 g/mol. The molecule has 0 saturated heterocycles. The highest BCUT2D eigenvalue weighted by Gasteiger charge is 2.19. The molecule has 0 atom stereocenters. The van der Waals surface area contributed by atoms with Crippen molar-refractivity contribution in [3.8, 4) is 17.3 Å². The Balaban J connectivity index is 1.72. The van der Waals surface area contributed by atoms with Gasteiger partial charge in [0, 0.05) is 18.7 Å². The maximum atomic E-state index is 11.9. The summed E-state index contributed by atoms with van der Waals surface area (Å²) in [4.78, 5) is 11.9. The van der Waals surface area contributed by atoms with Crippen LogP contribution >= 0.6 is 11.8 Å². The van der Waals surface area contributed by atoms with E-state index in [-0.39, 0.29) is 5.91 Å². The third kappa shape index (κ3) is 5.04. The zero-order valence-corrected chi connectivity index (χ0v) is 17.3. The van der Waals surface area contributed by atoms with Crippen LogP contribution in [0.1, 0.15) is 32.3 Å². The molecule has 2 heterocycles. The minimum Gasteiger partial charge on any atom is -0.461 e. The van der Waals surface area contributed by atoms with E-state index in [9.17, 15) is 4.79 Å². The zero-order valence-electron chi connectivity index (χ0n) is 16.5. The molecule has 0 fully saturated rings. The van der Waals surface area contributed by atoms with Gasteiger partial charge in [-0.1, -0.05) is 43.8 Å². The van der Waals surface area contributed by atoms with E-state index in [0.29, 0.717) is 23.9 Å². The van der Waals surface area contributed by atoms with Gasteiger partial charge in [-0.25, -0.2) is 0 Å². The number of nitrogens with one attached hydrogen (secondary N) is 1. The number of hydrogen-bond acceptors (Lipinski definition) is 5. The van der Waals surface area contributed by atoms with Crippen LogP contribution in [0.5, 0.6) is 0 Å². The van der Waals surface area contributed by atoms with Gasteiger partial charge < -0.3 is 9.73 Å². The van der Waals surface area contributed by atoms with Gasteiger partial charge in [-0.2, -0.15) is 0 Å². The van der Waals surface area contributed by atoms with Gasteiger partial charge in [0.2, 0.25) is 11.7 Å². The Hall–Kier alpha value is -2.54. The summed E-state index contributed by atoms with van der Waals surface area (Å²) in [6.45, 7) is 6.96. The summed E-state index contributed by atoms with van der Waals surface area (Å²) < 4.78 is 7.58. The summed E-state index contributed by atoms with van der Waals surface area (Å²) in [5.41, 5.74) is 2.15. The number of nitrogens with zero attached hydrogens (tertiary/aromatic N) is 3. The van der Waals surface area contributed by atoms with Crippen molar-refractivity contribution in [2.45, 2.75) is 38.8 Å². The molecule has 1 N–H and O–H groups in total. The lowest BCUT2D eigenvalue weighted by Crippen LogP contribution is -2.27. The van der Waals surface area contributed by atoms with Crippen LogP contribution in [0, 0.1) is 12.8 Å². The molecule has 1 amide bonds. The van der Waals surface area contributed by atoms with Gasteiger partial charge in [0.25, 0.3) is 0 Å². The number of hydrogen-bond donors (Lipinski definition) is 1. The van der Waals surface area contributed by atoms with E-state index in [4.69, 9.17) is 4.42 Å². The Morgan fingerprint density at radius 2 is 2.04 bits per heavy atom. The van der Waals surface area contributed by atoms with Gasteiger partial charge in [0.1, 0.15) is 0 Å². The van der Waals surface area contributed by atoms with Crippen molar-refractivity contribution >= 4 is 17.7 Å². The van der Waals surface area contributed by atoms with Crippen LogP contribution in [-0.2, 0) is 4.79 Å². The molecule has 0 saturated carbocycles. The third-order valence-corrected chi connectivity index (χ3v) is 5.23. The van der Waals surface area contributed by atoms with Crippen molar-refractivity contribution in [3.63, 3.8) is 0 Å². The zero-order chi connectivity index (χ0) is 19.9. The number of furan rings is 1. The Morgan fingerprint density at radius 1 is 1.21 bits per heavy atom. The van der Waals surface area contributed by atoms with Crippen molar-refractivity contribution in [2.75, 3.05) is 12.3 Å². The van der Waals surface area contributed by atoms with E-state index in [1.807, 2.05) is 28.8 Å². The van der Waals surface area contributed by atoms with Gasteiger partial charge in [0.05, 0.1) is 12.0 Å². The fourth-order valence-electron chi connectivity index (χ4n) is 2.76. The molecule has 28 heavy (non-hydrogen) atoms. The standard InChI is InChI=1S/C21H26N4O2S/c1-15(2)14-22-19(26)11-7-13-28-21-24-23-20(18-10-6-12-27-18)25(21)17-9-5-4-8-16(17)3/h4-6,8-10,12,15H,7,11,13-14H2,1-3H3,(H,22,26).